The Morgan fingerprint density at radius 3 is 2.29 bits per heavy atom. The van der Waals surface area contributed by atoms with Gasteiger partial charge in [0.25, 0.3) is 0 Å². The lowest BCUT2D eigenvalue weighted by Crippen LogP contribution is -2.12. The van der Waals surface area contributed by atoms with Crippen molar-refractivity contribution in [2.24, 2.45) is 0 Å². The molecule has 0 spiro atoms. The highest BCUT2D eigenvalue weighted by Crippen LogP contribution is 2.33. The number of hydrogen-bond acceptors (Lipinski definition) is 1. The predicted octanol–water partition coefficient (Wildman–Crippen LogP) is 4.58. The molecule has 0 N–H and O–H groups in total. The van der Waals surface area contributed by atoms with Crippen LogP contribution in [-0.4, -0.2) is 0 Å². The van der Waals surface area contributed by atoms with Crippen LogP contribution in [0.2, 0.25) is 0 Å². The van der Waals surface area contributed by atoms with E-state index in [4.69, 9.17) is 4.74 Å². The summed E-state index contributed by atoms with van der Waals surface area (Å²) in [5, 5.41) is 0. The Hall–Kier alpha value is -1.76. The Morgan fingerprint density at radius 1 is 0.941 bits per heavy atom. The molecule has 2 aromatic rings. The minimum atomic E-state index is 0.0574. The normalized spacial score (nSPS) is 11.2. The molecule has 0 amide bonds. The summed E-state index contributed by atoms with van der Waals surface area (Å²) >= 11 is 0. The van der Waals surface area contributed by atoms with E-state index in [1.807, 2.05) is 42.5 Å². The average Bonchev–Trinajstić information content (AvgIpc) is 2.30. The fraction of sp³-hybridized carbons (Fsp3) is 0.250. The quantitative estimate of drug-likeness (QED) is 0.727. The Morgan fingerprint density at radius 2 is 1.65 bits per heavy atom. The van der Waals surface area contributed by atoms with Gasteiger partial charge in [-0.1, -0.05) is 57.2 Å². The summed E-state index contributed by atoms with van der Waals surface area (Å²) < 4.78 is 5.88. The van der Waals surface area contributed by atoms with Crippen molar-refractivity contribution in [2.45, 2.75) is 26.2 Å². The minimum Gasteiger partial charge on any atom is -0.456 e. The molecule has 0 aliphatic rings. The van der Waals surface area contributed by atoms with Crippen molar-refractivity contribution in [2.75, 3.05) is 0 Å². The summed E-state index contributed by atoms with van der Waals surface area (Å²) in [4.78, 5) is 0. The van der Waals surface area contributed by atoms with Crippen molar-refractivity contribution in [1.29, 1.82) is 0 Å². The van der Waals surface area contributed by atoms with Crippen LogP contribution in [0.1, 0.15) is 26.3 Å². The molecule has 0 aliphatic heterocycles. The molecule has 0 bridgehead atoms. The van der Waals surface area contributed by atoms with Gasteiger partial charge in [-0.3, -0.25) is 0 Å². The summed E-state index contributed by atoms with van der Waals surface area (Å²) in [6.07, 6.45) is 0. The lowest BCUT2D eigenvalue weighted by atomic mass is 9.86. The van der Waals surface area contributed by atoms with Crippen LogP contribution in [0.5, 0.6) is 11.5 Å². The van der Waals surface area contributed by atoms with Crippen LogP contribution >= 0.6 is 0 Å². The molecule has 0 saturated heterocycles. The summed E-state index contributed by atoms with van der Waals surface area (Å²) in [5.74, 6) is 1.66. The van der Waals surface area contributed by atoms with Crippen LogP contribution < -0.4 is 4.74 Å². The molecule has 87 valence electrons. The van der Waals surface area contributed by atoms with Gasteiger partial charge in [0.15, 0.2) is 0 Å². The molecule has 1 radical (unpaired) electrons. The first kappa shape index (κ1) is 11.7. The van der Waals surface area contributed by atoms with E-state index in [1.54, 1.807) is 0 Å². The highest BCUT2D eigenvalue weighted by molar-refractivity contribution is 5.40. The number of hydrogen-bond donors (Lipinski definition) is 0. The van der Waals surface area contributed by atoms with E-state index in [0.29, 0.717) is 0 Å². The highest BCUT2D eigenvalue weighted by Gasteiger charge is 2.18. The van der Waals surface area contributed by atoms with Gasteiger partial charge >= 0.3 is 0 Å². The van der Waals surface area contributed by atoms with Gasteiger partial charge in [0.05, 0.1) is 0 Å². The summed E-state index contributed by atoms with van der Waals surface area (Å²) in [6, 6.07) is 19.0. The number of rotatable bonds is 2. The van der Waals surface area contributed by atoms with Gasteiger partial charge in [0.1, 0.15) is 11.5 Å². The van der Waals surface area contributed by atoms with Gasteiger partial charge < -0.3 is 4.74 Å². The van der Waals surface area contributed by atoms with Crippen molar-refractivity contribution in [1.82, 2.24) is 0 Å². The van der Waals surface area contributed by atoms with Crippen LogP contribution in [0.15, 0.2) is 48.5 Å². The third kappa shape index (κ3) is 2.88. The van der Waals surface area contributed by atoms with Gasteiger partial charge in [0.2, 0.25) is 0 Å². The van der Waals surface area contributed by atoms with E-state index in [2.05, 4.69) is 32.9 Å². The summed E-state index contributed by atoms with van der Waals surface area (Å²) in [6.45, 7) is 6.52. The van der Waals surface area contributed by atoms with E-state index in [0.717, 1.165) is 11.5 Å². The molecule has 0 heterocycles. The Balaban J connectivity index is 2.34. The van der Waals surface area contributed by atoms with Gasteiger partial charge in [-0.15, -0.1) is 0 Å². The molecular weight excluding hydrogens is 208 g/mol. The van der Waals surface area contributed by atoms with E-state index in [1.165, 1.54) is 5.56 Å². The number of benzene rings is 2. The van der Waals surface area contributed by atoms with Crippen molar-refractivity contribution >= 4 is 0 Å². The van der Waals surface area contributed by atoms with Gasteiger partial charge in [-0.25, -0.2) is 0 Å². The average molecular weight is 225 g/mol. The minimum absolute atomic E-state index is 0.0574. The monoisotopic (exact) mass is 225 g/mol. The second kappa shape index (κ2) is 4.62. The van der Waals surface area contributed by atoms with E-state index in [-0.39, 0.29) is 5.41 Å². The lowest BCUT2D eigenvalue weighted by Gasteiger charge is -2.22. The van der Waals surface area contributed by atoms with E-state index < -0.39 is 0 Å². The molecule has 2 aromatic carbocycles. The van der Waals surface area contributed by atoms with Crippen LogP contribution in [-0.2, 0) is 5.41 Å². The first-order valence-electron chi connectivity index (χ1n) is 5.81. The number of para-hydroxylation sites is 2. The molecular formula is C16H17O. The van der Waals surface area contributed by atoms with Gasteiger partial charge in [-0.2, -0.15) is 0 Å². The second-order valence-electron chi connectivity index (χ2n) is 5.08. The standard InChI is InChI=1S/C16H17O/c1-16(2,3)14-11-7-8-12-15(14)17-13-9-5-4-6-10-13/h4-11H,1-3H3. The van der Waals surface area contributed by atoms with Gasteiger partial charge in [-0.05, 0) is 17.5 Å². The fourth-order valence-electron chi connectivity index (χ4n) is 1.70. The molecule has 0 aromatic heterocycles. The van der Waals surface area contributed by atoms with Crippen LogP contribution in [0.25, 0.3) is 0 Å². The Kier molecular flexibility index (Phi) is 3.19. The van der Waals surface area contributed by atoms with Crippen LogP contribution in [0.3, 0.4) is 0 Å². The van der Waals surface area contributed by atoms with E-state index in [9.17, 15) is 0 Å². The molecule has 0 fully saturated rings. The van der Waals surface area contributed by atoms with Crippen LogP contribution in [0, 0.1) is 6.07 Å². The summed E-state index contributed by atoms with van der Waals surface area (Å²) in [7, 11) is 0. The Labute approximate surface area is 103 Å². The van der Waals surface area contributed by atoms with Crippen molar-refractivity contribution in [3.05, 3.63) is 60.2 Å². The zero-order valence-corrected chi connectivity index (χ0v) is 10.5. The molecule has 0 aliphatic carbocycles. The fourth-order valence-corrected chi connectivity index (χ4v) is 1.70. The molecule has 0 atom stereocenters. The third-order valence-electron chi connectivity index (χ3n) is 2.59. The lowest BCUT2D eigenvalue weighted by molar-refractivity contribution is 0.454. The first-order chi connectivity index (χ1) is 8.07. The second-order valence-corrected chi connectivity index (χ2v) is 5.08. The predicted molar refractivity (Wildman–Crippen MR) is 70.5 cm³/mol. The largest absolute Gasteiger partial charge is 0.456 e. The first-order valence-corrected chi connectivity index (χ1v) is 5.81. The molecule has 17 heavy (non-hydrogen) atoms. The third-order valence-corrected chi connectivity index (χ3v) is 2.59. The smallest absolute Gasteiger partial charge is 0.139 e. The maximum Gasteiger partial charge on any atom is 0.139 e. The molecule has 1 nitrogen and oxygen atoms in total. The van der Waals surface area contributed by atoms with Crippen molar-refractivity contribution in [3.8, 4) is 11.5 Å². The molecule has 0 saturated carbocycles. The molecule has 1 heteroatoms. The zero-order valence-electron chi connectivity index (χ0n) is 10.5. The maximum absolute atomic E-state index is 5.88. The Bertz CT molecular complexity index is 480. The summed E-state index contributed by atoms with van der Waals surface area (Å²) in [5.41, 5.74) is 1.23. The van der Waals surface area contributed by atoms with Crippen molar-refractivity contribution < 1.29 is 4.74 Å². The maximum atomic E-state index is 5.88. The van der Waals surface area contributed by atoms with E-state index >= 15 is 0 Å². The van der Waals surface area contributed by atoms with Gasteiger partial charge in [0, 0.05) is 11.6 Å². The SMILES string of the molecule is CC(C)(C)c1ccc[c]c1Oc1ccccc1. The molecule has 0 unspecified atom stereocenters. The highest BCUT2D eigenvalue weighted by atomic mass is 16.5. The number of ether oxygens (including phenoxy) is 1. The van der Waals surface area contributed by atoms with Crippen molar-refractivity contribution in [3.63, 3.8) is 0 Å². The topological polar surface area (TPSA) is 9.23 Å². The zero-order chi connectivity index (χ0) is 12.3. The molecule has 2 rings (SSSR count). The van der Waals surface area contributed by atoms with Crippen LogP contribution in [0.4, 0.5) is 0 Å².